The van der Waals surface area contributed by atoms with E-state index in [1.807, 2.05) is 68.4 Å². The van der Waals surface area contributed by atoms with E-state index >= 15 is 0 Å². The minimum absolute atomic E-state index is 0.101. The first-order chi connectivity index (χ1) is 17.3. The van der Waals surface area contributed by atoms with Crippen LogP contribution < -0.4 is 16.2 Å². The van der Waals surface area contributed by atoms with E-state index in [-0.39, 0.29) is 12.3 Å². The molecule has 36 heavy (non-hydrogen) atoms. The number of anilines is 3. The van der Waals surface area contributed by atoms with Gasteiger partial charge in [-0.1, -0.05) is 48.9 Å². The molecule has 0 aliphatic carbocycles. The van der Waals surface area contributed by atoms with E-state index in [0.29, 0.717) is 17.3 Å². The van der Waals surface area contributed by atoms with Gasteiger partial charge < -0.3 is 10.4 Å². The fourth-order valence-electron chi connectivity index (χ4n) is 3.75. The number of hydrogen-bond donors (Lipinski definition) is 4. The number of halogens is 1. The van der Waals surface area contributed by atoms with Crippen molar-refractivity contribution in [1.29, 1.82) is 0 Å². The zero-order valence-corrected chi connectivity index (χ0v) is 21.4. The summed E-state index contributed by atoms with van der Waals surface area (Å²) in [6.45, 7) is 3.86. The minimum atomic E-state index is -0.968. The van der Waals surface area contributed by atoms with Gasteiger partial charge in [0, 0.05) is 23.3 Å². The van der Waals surface area contributed by atoms with E-state index < -0.39 is 17.8 Å². The SMILES string of the molecule is CC(C)CC(CC(=O)NNc1cc(-c2ccc(Nc3nc4ccc(Cl)cc4s3)cc2)ccn1)C(=O)O. The first-order valence-electron chi connectivity index (χ1n) is 11.4. The third-order valence-corrected chi connectivity index (χ3v) is 6.62. The highest BCUT2D eigenvalue weighted by atomic mass is 35.5. The molecule has 1 unspecified atom stereocenters. The number of thiazole rings is 1. The van der Waals surface area contributed by atoms with E-state index in [9.17, 15) is 14.7 Å². The van der Waals surface area contributed by atoms with Crippen LogP contribution in [0.2, 0.25) is 5.02 Å². The van der Waals surface area contributed by atoms with Crippen LogP contribution in [0.15, 0.2) is 60.8 Å². The third kappa shape index (κ3) is 6.71. The molecule has 1 atom stereocenters. The zero-order valence-electron chi connectivity index (χ0n) is 19.8. The van der Waals surface area contributed by atoms with Gasteiger partial charge in [-0.2, -0.15) is 0 Å². The summed E-state index contributed by atoms with van der Waals surface area (Å²) in [6.07, 6.45) is 1.98. The number of aliphatic carboxylic acids is 1. The Bertz CT molecular complexity index is 1370. The number of aromatic nitrogens is 2. The highest BCUT2D eigenvalue weighted by Crippen LogP contribution is 2.31. The average Bonchev–Trinajstić information content (AvgIpc) is 3.24. The molecule has 0 spiro atoms. The number of rotatable bonds is 10. The molecular formula is C26H26ClN5O3S. The van der Waals surface area contributed by atoms with Gasteiger partial charge in [0.25, 0.3) is 0 Å². The summed E-state index contributed by atoms with van der Waals surface area (Å²) < 4.78 is 1.02. The predicted molar refractivity (Wildman–Crippen MR) is 145 cm³/mol. The molecule has 4 aromatic rings. The smallest absolute Gasteiger partial charge is 0.307 e. The molecule has 2 heterocycles. The molecule has 0 fully saturated rings. The maximum absolute atomic E-state index is 12.2. The number of nitrogens with one attached hydrogen (secondary N) is 3. The Morgan fingerprint density at radius 2 is 1.83 bits per heavy atom. The second kappa shape index (κ2) is 11.4. The highest BCUT2D eigenvalue weighted by molar-refractivity contribution is 7.22. The van der Waals surface area contributed by atoms with Crippen molar-refractivity contribution in [3.05, 3.63) is 65.8 Å². The van der Waals surface area contributed by atoms with Crippen LogP contribution in [0, 0.1) is 11.8 Å². The van der Waals surface area contributed by atoms with Crippen LogP contribution >= 0.6 is 22.9 Å². The average molecular weight is 524 g/mol. The molecule has 0 bridgehead atoms. The van der Waals surface area contributed by atoms with E-state index in [1.54, 1.807) is 6.20 Å². The van der Waals surface area contributed by atoms with Gasteiger partial charge in [0.1, 0.15) is 5.82 Å². The second-order valence-electron chi connectivity index (χ2n) is 8.81. The lowest BCUT2D eigenvalue weighted by atomic mass is 9.94. The molecular weight excluding hydrogens is 498 g/mol. The molecule has 0 saturated heterocycles. The number of pyridine rings is 1. The zero-order chi connectivity index (χ0) is 25.7. The highest BCUT2D eigenvalue weighted by Gasteiger charge is 2.22. The number of amides is 1. The molecule has 4 rings (SSSR count). The van der Waals surface area contributed by atoms with E-state index in [0.717, 1.165) is 32.2 Å². The van der Waals surface area contributed by atoms with Crippen molar-refractivity contribution < 1.29 is 14.7 Å². The van der Waals surface area contributed by atoms with Crippen molar-refractivity contribution in [2.45, 2.75) is 26.7 Å². The molecule has 10 heteroatoms. The summed E-state index contributed by atoms with van der Waals surface area (Å²) >= 11 is 7.60. The van der Waals surface area contributed by atoms with Gasteiger partial charge in [-0.15, -0.1) is 0 Å². The fourth-order valence-corrected chi connectivity index (χ4v) is 4.91. The van der Waals surface area contributed by atoms with Crippen LogP contribution in [-0.2, 0) is 9.59 Å². The standard InChI is InChI=1S/C26H26ClN5O3S/c1-15(2)11-18(25(34)35)13-24(33)32-31-23-12-17(9-10-28-23)16-3-6-20(7-4-16)29-26-30-21-8-5-19(27)14-22(21)36-26/h3-10,12,14-15,18H,11,13H2,1-2H3,(H,28,31)(H,29,30)(H,32,33)(H,34,35). The fraction of sp³-hybridized carbons (Fsp3) is 0.231. The number of carboxylic acid groups (broad SMARTS) is 1. The molecule has 0 radical (unpaired) electrons. The van der Waals surface area contributed by atoms with Crippen LogP contribution in [0.4, 0.5) is 16.6 Å². The lowest BCUT2D eigenvalue weighted by Crippen LogP contribution is -2.33. The number of nitrogens with zero attached hydrogens (tertiary/aromatic N) is 2. The van der Waals surface area contributed by atoms with Gasteiger partial charge in [-0.05, 0) is 65.9 Å². The number of carbonyl (C=O) groups excluding carboxylic acids is 1. The molecule has 1 amide bonds. The number of carbonyl (C=O) groups is 2. The Labute approximate surface area is 217 Å². The largest absolute Gasteiger partial charge is 0.481 e. The van der Waals surface area contributed by atoms with Crippen molar-refractivity contribution in [3.8, 4) is 11.1 Å². The molecule has 2 aromatic heterocycles. The Kier molecular flexibility index (Phi) is 8.02. The lowest BCUT2D eigenvalue weighted by molar-refractivity contribution is -0.144. The van der Waals surface area contributed by atoms with Crippen molar-refractivity contribution in [2.75, 3.05) is 10.7 Å². The molecule has 186 valence electrons. The van der Waals surface area contributed by atoms with E-state index in [1.165, 1.54) is 11.3 Å². The van der Waals surface area contributed by atoms with Gasteiger partial charge in [0.15, 0.2) is 5.13 Å². The lowest BCUT2D eigenvalue weighted by Gasteiger charge is -2.15. The molecule has 2 aromatic carbocycles. The van der Waals surface area contributed by atoms with Crippen LogP contribution in [0.25, 0.3) is 21.3 Å². The number of carboxylic acids is 1. The molecule has 8 nitrogen and oxygen atoms in total. The van der Waals surface area contributed by atoms with Crippen molar-refractivity contribution in [2.24, 2.45) is 11.8 Å². The van der Waals surface area contributed by atoms with Gasteiger partial charge in [-0.25, -0.2) is 9.97 Å². The van der Waals surface area contributed by atoms with Gasteiger partial charge in [0.05, 0.1) is 16.1 Å². The Balaban J connectivity index is 1.37. The summed E-state index contributed by atoms with van der Waals surface area (Å²) in [4.78, 5) is 32.5. The predicted octanol–water partition coefficient (Wildman–Crippen LogP) is 6.34. The Morgan fingerprint density at radius 3 is 2.56 bits per heavy atom. The van der Waals surface area contributed by atoms with E-state index in [2.05, 4.69) is 26.1 Å². The number of benzene rings is 2. The molecule has 0 aliphatic rings. The Morgan fingerprint density at radius 1 is 1.06 bits per heavy atom. The minimum Gasteiger partial charge on any atom is -0.481 e. The number of hydrogen-bond acceptors (Lipinski definition) is 7. The van der Waals surface area contributed by atoms with Crippen LogP contribution in [0.5, 0.6) is 0 Å². The first-order valence-corrected chi connectivity index (χ1v) is 12.6. The summed E-state index contributed by atoms with van der Waals surface area (Å²) in [6, 6.07) is 17.2. The van der Waals surface area contributed by atoms with Gasteiger partial charge >= 0.3 is 5.97 Å². The summed E-state index contributed by atoms with van der Waals surface area (Å²) in [5.74, 6) is -1.45. The van der Waals surface area contributed by atoms with E-state index in [4.69, 9.17) is 11.6 Å². The van der Waals surface area contributed by atoms with Crippen LogP contribution in [0.3, 0.4) is 0 Å². The molecule has 4 N–H and O–H groups in total. The molecule has 0 aliphatic heterocycles. The van der Waals surface area contributed by atoms with Crippen molar-refractivity contribution >= 4 is 61.7 Å². The maximum atomic E-state index is 12.2. The second-order valence-corrected chi connectivity index (χ2v) is 10.3. The maximum Gasteiger partial charge on any atom is 0.307 e. The number of fused-ring (bicyclic) bond motifs is 1. The quantitative estimate of drug-likeness (QED) is 0.179. The van der Waals surface area contributed by atoms with Crippen molar-refractivity contribution in [3.63, 3.8) is 0 Å². The third-order valence-electron chi connectivity index (χ3n) is 5.45. The normalized spacial score (nSPS) is 11.9. The monoisotopic (exact) mass is 523 g/mol. The number of hydrazine groups is 1. The van der Waals surface area contributed by atoms with Crippen LogP contribution in [-0.4, -0.2) is 27.0 Å². The Hall–Kier alpha value is -3.69. The summed E-state index contributed by atoms with van der Waals surface area (Å²) in [7, 11) is 0. The van der Waals surface area contributed by atoms with Crippen molar-refractivity contribution in [1.82, 2.24) is 15.4 Å². The summed E-state index contributed by atoms with van der Waals surface area (Å²) in [5.41, 5.74) is 9.00. The van der Waals surface area contributed by atoms with Gasteiger partial charge in [0.2, 0.25) is 5.91 Å². The van der Waals surface area contributed by atoms with Gasteiger partial charge in [-0.3, -0.25) is 20.4 Å². The first kappa shape index (κ1) is 25.4. The van der Waals surface area contributed by atoms with Crippen LogP contribution in [0.1, 0.15) is 26.7 Å². The molecule has 0 saturated carbocycles. The topological polar surface area (TPSA) is 116 Å². The summed E-state index contributed by atoms with van der Waals surface area (Å²) in [5, 5.41) is 14.1.